The first kappa shape index (κ1) is 9.91. The van der Waals surface area contributed by atoms with Crippen LogP contribution in [-0.2, 0) is 20.0 Å². The van der Waals surface area contributed by atoms with Crippen molar-refractivity contribution in [3.8, 4) is 0 Å². The third kappa shape index (κ3) is 1.37. The van der Waals surface area contributed by atoms with Gasteiger partial charge in [-0.1, -0.05) is 18.2 Å². The summed E-state index contributed by atoms with van der Waals surface area (Å²) in [4.78, 5) is 2.42. The van der Waals surface area contributed by atoms with Crippen LogP contribution >= 0.6 is 0 Å². The molecule has 0 N–H and O–H groups in total. The predicted octanol–water partition coefficient (Wildman–Crippen LogP) is 2.56. The number of aromatic nitrogens is 1. The first-order chi connectivity index (χ1) is 7.77. The maximum atomic E-state index is 2.42. The summed E-state index contributed by atoms with van der Waals surface area (Å²) >= 11 is 0. The molecule has 3 rings (SSSR count). The Morgan fingerprint density at radius 1 is 1.12 bits per heavy atom. The Kier molecular flexibility index (Phi) is 2.25. The number of hydrogen-bond acceptors (Lipinski definition) is 1. The average Bonchev–Trinajstić information content (AvgIpc) is 2.47. The Balaban J connectivity index is 2.27. The zero-order chi connectivity index (χ0) is 11.1. The van der Waals surface area contributed by atoms with E-state index in [-0.39, 0.29) is 0 Å². The third-order valence-electron chi connectivity index (χ3n) is 3.73. The summed E-state index contributed by atoms with van der Waals surface area (Å²) in [7, 11) is 4.41. The number of nitrogens with zero attached hydrogens (tertiary/aromatic N) is 2. The summed E-state index contributed by atoms with van der Waals surface area (Å²) < 4.78 is 2.37. The lowest BCUT2D eigenvalue weighted by Crippen LogP contribution is -2.18. The lowest BCUT2D eigenvalue weighted by atomic mass is 10.1. The minimum Gasteiger partial charge on any atom is -0.346 e. The van der Waals surface area contributed by atoms with E-state index in [4.69, 9.17) is 0 Å². The number of rotatable bonds is 0. The zero-order valence-corrected chi connectivity index (χ0v) is 10.0. The van der Waals surface area contributed by atoms with Crippen molar-refractivity contribution in [1.82, 2.24) is 9.47 Å². The van der Waals surface area contributed by atoms with Crippen molar-refractivity contribution < 1.29 is 0 Å². The van der Waals surface area contributed by atoms with E-state index in [1.165, 1.54) is 36.0 Å². The second-order valence-corrected chi connectivity index (χ2v) is 4.84. The first-order valence-corrected chi connectivity index (χ1v) is 6.01. The van der Waals surface area contributed by atoms with Crippen LogP contribution in [0, 0.1) is 0 Å². The lowest BCUT2D eigenvalue weighted by Gasteiger charge is -2.14. The molecule has 1 aromatic carbocycles. The van der Waals surface area contributed by atoms with E-state index < -0.39 is 0 Å². The molecule has 0 bridgehead atoms. The molecule has 0 spiro atoms. The van der Waals surface area contributed by atoms with Gasteiger partial charge in [0.15, 0.2) is 0 Å². The summed E-state index contributed by atoms with van der Waals surface area (Å²) in [5, 5.41) is 1.45. The topological polar surface area (TPSA) is 8.17 Å². The van der Waals surface area contributed by atoms with Crippen molar-refractivity contribution in [2.75, 3.05) is 13.6 Å². The van der Waals surface area contributed by atoms with Crippen LogP contribution in [0.3, 0.4) is 0 Å². The van der Waals surface area contributed by atoms with E-state index in [2.05, 4.69) is 47.8 Å². The highest BCUT2D eigenvalue weighted by molar-refractivity contribution is 5.85. The van der Waals surface area contributed by atoms with Crippen LogP contribution < -0.4 is 0 Å². The molecule has 0 aliphatic carbocycles. The Bertz CT molecular complexity index is 525. The van der Waals surface area contributed by atoms with Crippen LogP contribution in [0.5, 0.6) is 0 Å². The molecule has 0 atom stereocenters. The van der Waals surface area contributed by atoms with Crippen molar-refractivity contribution >= 4 is 10.9 Å². The second kappa shape index (κ2) is 3.63. The van der Waals surface area contributed by atoms with Crippen molar-refractivity contribution in [2.24, 2.45) is 7.05 Å². The van der Waals surface area contributed by atoms with Gasteiger partial charge in [0.2, 0.25) is 0 Å². The highest BCUT2D eigenvalue weighted by Gasteiger charge is 2.18. The molecule has 16 heavy (non-hydrogen) atoms. The third-order valence-corrected chi connectivity index (χ3v) is 3.73. The van der Waals surface area contributed by atoms with Crippen LogP contribution in [0.2, 0.25) is 0 Å². The zero-order valence-electron chi connectivity index (χ0n) is 10.0. The molecule has 2 heteroatoms. The molecule has 1 aliphatic heterocycles. The number of aryl methyl sites for hydroxylation is 2. The van der Waals surface area contributed by atoms with Gasteiger partial charge in [-0.25, -0.2) is 0 Å². The van der Waals surface area contributed by atoms with Crippen LogP contribution in [0.15, 0.2) is 24.3 Å². The van der Waals surface area contributed by atoms with E-state index in [0.29, 0.717) is 0 Å². The fourth-order valence-corrected chi connectivity index (χ4v) is 2.87. The second-order valence-electron chi connectivity index (χ2n) is 4.84. The van der Waals surface area contributed by atoms with Gasteiger partial charge in [0.05, 0.1) is 0 Å². The van der Waals surface area contributed by atoms with E-state index in [1.54, 1.807) is 5.56 Å². The molecular formula is C14H18N2. The summed E-state index contributed by atoms with van der Waals surface area (Å²) in [6.07, 6.45) is 2.50. The normalized spacial score (nSPS) is 17.4. The van der Waals surface area contributed by atoms with Crippen molar-refractivity contribution in [3.63, 3.8) is 0 Å². The monoisotopic (exact) mass is 214 g/mol. The van der Waals surface area contributed by atoms with Gasteiger partial charge in [-0.05, 0) is 38.1 Å². The van der Waals surface area contributed by atoms with Gasteiger partial charge in [-0.15, -0.1) is 0 Å². The molecule has 84 valence electrons. The number of benzene rings is 1. The summed E-state index contributed by atoms with van der Waals surface area (Å²) in [6.45, 7) is 2.30. The molecule has 1 aromatic heterocycles. The van der Waals surface area contributed by atoms with Crippen LogP contribution in [0.1, 0.15) is 17.7 Å². The van der Waals surface area contributed by atoms with Gasteiger partial charge in [0, 0.05) is 30.2 Å². The Labute approximate surface area is 96.5 Å². The molecule has 0 fully saturated rings. The van der Waals surface area contributed by atoms with Crippen molar-refractivity contribution in [3.05, 3.63) is 35.5 Å². The van der Waals surface area contributed by atoms with Crippen molar-refractivity contribution in [2.45, 2.75) is 19.4 Å². The molecule has 0 unspecified atom stereocenters. The molecule has 0 radical (unpaired) electrons. The Morgan fingerprint density at radius 2 is 1.94 bits per heavy atom. The Hall–Kier alpha value is -1.28. The van der Waals surface area contributed by atoms with E-state index in [0.717, 1.165) is 6.54 Å². The van der Waals surface area contributed by atoms with Gasteiger partial charge in [-0.2, -0.15) is 0 Å². The fourth-order valence-electron chi connectivity index (χ4n) is 2.87. The molecule has 0 amide bonds. The molecule has 2 aromatic rings. The Morgan fingerprint density at radius 3 is 2.81 bits per heavy atom. The molecular weight excluding hydrogens is 196 g/mol. The SMILES string of the molecule is CN1CCCc2c(n(C)c3ccccc23)C1. The van der Waals surface area contributed by atoms with Gasteiger partial charge in [0.1, 0.15) is 0 Å². The molecule has 2 heterocycles. The van der Waals surface area contributed by atoms with E-state index >= 15 is 0 Å². The van der Waals surface area contributed by atoms with Crippen LogP contribution in [0.25, 0.3) is 10.9 Å². The minimum atomic E-state index is 1.08. The van der Waals surface area contributed by atoms with Gasteiger partial charge in [-0.3, -0.25) is 0 Å². The van der Waals surface area contributed by atoms with Gasteiger partial charge < -0.3 is 9.47 Å². The predicted molar refractivity (Wildman–Crippen MR) is 67.6 cm³/mol. The highest BCUT2D eigenvalue weighted by Crippen LogP contribution is 2.28. The lowest BCUT2D eigenvalue weighted by molar-refractivity contribution is 0.326. The van der Waals surface area contributed by atoms with Crippen LogP contribution in [-0.4, -0.2) is 23.1 Å². The quantitative estimate of drug-likeness (QED) is 0.654. The number of para-hydroxylation sites is 1. The molecule has 1 aliphatic rings. The molecule has 2 nitrogen and oxygen atoms in total. The standard InChI is InChI=1S/C14H18N2/c1-15-9-5-7-12-11-6-3-4-8-13(11)16(2)14(12)10-15/h3-4,6,8H,5,7,9-10H2,1-2H3. The average molecular weight is 214 g/mol. The highest BCUT2D eigenvalue weighted by atomic mass is 15.1. The van der Waals surface area contributed by atoms with E-state index in [9.17, 15) is 0 Å². The smallest absolute Gasteiger partial charge is 0.0483 e. The molecule has 0 saturated heterocycles. The van der Waals surface area contributed by atoms with Crippen molar-refractivity contribution in [1.29, 1.82) is 0 Å². The van der Waals surface area contributed by atoms with Gasteiger partial charge >= 0.3 is 0 Å². The summed E-state index contributed by atoms with van der Waals surface area (Å²) in [6, 6.07) is 8.77. The number of fused-ring (bicyclic) bond motifs is 3. The summed E-state index contributed by atoms with van der Waals surface area (Å²) in [5.74, 6) is 0. The maximum Gasteiger partial charge on any atom is 0.0483 e. The van der Waals surface area contributed by atoms with E-state index in [1.807, 2.05) is 0 Å². The summed E-state index contributed by atoms with van der Waals surface area (Å²) in [5.41, 5.74) is 4.45. The first-order valence-electron chi connectivity index (χ1n) is 6.01. The van der Waals surface area contributed by atoms with Crippen LogP contribution in [0.4, 0.5) is 0 Å². The fraction of sp³-hybridized carbons (Fsp3) is 0.429. The molecule has 0 saturated carbocycles. The van der Waals surface area contributed by atoms with Gasteiger partial charge in [0.25, 0.3) is 0 Å². The number of hydrogen-bond donors (Lipinski definition) is 0. The largest absolute Gasteiger partial charge is 0.346 e. The maximum absolute atomic E-state index is 2.42. The minimum absolute atomic E-state index is 1.08.